The van der Waals surface area contributed by atoms with Crippen molar-refractivity contribution in [2.75, 3.05) is 6.54 Å². The van der Waals surface area contributed by atoms with E-state index in [0.29, 0.717) is 6.42 Å². The second-order valence-electron chi connectivity index (χ2n) is 1.62. The molecule has 0 aromatic rings. The number of halogens is 1. The Morgan fingerprint density at radius 2 is 2.29 bits per heavy atom. The van der Waals surface area contributed by atoms with Crippen molar-refractivity contribution in [3.63, 3.8) is 0 Å². The summed E-state index contributed by atoms with van der Waals surface area (Å²) in [5.41, 5.74) is 4.98. The van der Waals surface area contributed by atoms with Gasteiger partial charge in [-0.1, -0.05) is 13.3 Å². The molecule has 0 aromatic carbocycles. The van der Waals surface area contributed by atoms with Crippen LogP contribution in [0.15, 0.2) is 0 Å². The lowest BCUT2D eigenvalue weighted by atomic mass is 10.2. The fourth-order valence-corrected chi connectivity index (χ4v) is 0.431. The number of alkyl halides is 1. The van der Waals surface area contributed by atoms with E-state index in [0.717, 1.165) is 6.42 Å². The minimum absolute atomic E-state index is 0.174. The molecule has 0 heterocycles. The third-order valence-electron chi connectivity index (χ3n) is 0.858. The van der Waals surface area contributed by atoms with Gasteiger partial charge in [-0.3, -0.25) is 0 Å². The van der Waals surface area contributed by atoms with Crippen LogP contribution in [0, 0.1) is 0 Å². The third kappa shape index (κ3) is 3.73. The van der Waals surface area contributed by atoms with Crippen molar-refractivity contribution in [3.05, 3.63) is 0 Å². The van der Waals surface area contributed by atoms with Gasteiger partial charge in [-0.05, 0) is 6.42 Å². The fraction of sp³-hybridized carbons (Fsp3) is 1.00. The molecule has 0 aliphatic heterocycles. The van der Waals surface area contributed by atoms with E-state index in [4.69, 9.17) is 5.73 Å². The molecule has 0 fully saturated rings. The maximum Gasteiger partial charge on any atom is 0.112 e. The predicted octanol–water partition coefficient (Wildman–Crippen LogP) is 1.08. The number of rotatable bonds is 3. The zero-order chi connectivity index (χ0) is 5.70. The van der Waals surface area contributed by atoms with E-state index >= 15 is 0 Å². The highest BCUT2D eigenvalue weighted by molar-refractivity contribution is 4.52. The van der Waals surface area contributed by atoms with Crippen LogP contribution in [0.2, 0.25) is 0 Å². The Morgan fingerprint density at radius 1 is 1.71 bits per heavy atom. The Balaban J connectivity index is 2.83. The summed E-state index contributed by atoms with van der Waals surface area (Å²) in [4.78, 5) is 0. The highest BCUT2D eigenvalue weighted by Crippen LogP contribution is 1.96. The van der Waals surface area contributed by atoms with E-state index in [1.165, 1.54) is 0 Å². The minimum Gasteiger partial charge on any atom is -0.328 e. The van der Waals surface area contributed by atoms with Crippen LogP contribution in [0.5, 0.6) is 0 Å². The molecule has 0 rings (SSSR count). The first-order valence-electron chi connectivity index (χ1n) is 2.65. The molecule has 0 saturated carbocycles. The molecule has 7 heavy (non-hydrogen) atoms. The molecule has 0 saturated heterocycles. The molecule has 1 nitrogen and oxygen atoms in total. The van der Waals surface area contributed by atoms with Gasteiger partial charge in [0, 0.05) is 6.54 Å². The molecule has 2 heteroatoms. The van der Waals surface area contributed by atoms with Crippen LogP contribution in [0.3, 0.4) is 0 Å². The quantitative estimate of drug-likeness (QED) is 0.571. The molecule has 0 amide bonds. The molecule has 0 radical (unpaired) electrons. The van der Waals surface area contributed by atoms with Gasteiger partial charge in [-0.15, -0.1) is 0 Å². The predicted molar refractivity (Wildman–Crippen MR) is 28.9 cm³/mol. The first kappa shape index (κ1) is 6.89. The Morgan fingerprint density at radius 3 is 2.43 bits per heavy atom. The summed E-state index contributed by atoms with van der Waals surface area (Å²) in [6.07, 6.45) is 0.722. The lowest BCUT2D eigenvalue weighted by molar-refractivity contribution is 0.320. The molecule has 1 atom stereocenters. The van der Waals surface area contributed by atoms with E-state index in [2.05, 4.69) is 0 Å². The van der Waals surface area contributed by atoms with Crippen molar-refractivity contribution in [2.24, 2.45) is 5.73 Å². The Bertz CT molecular complexity index is 39.1. The van der Waals surface area contributed by atoms with Gasteiger partial charge < -0.3 is 5.73 Å². The second kappa shape index (κ2) is 4.06. The van der Waals surface area contributed by atoms with Gasteiger partial charge in [-0.2, -0.15) is 0 Å². The van der Waals surface area contributed by atoms with E-state index in [1.807, 2.05) is 6.92 Å². The van der Waals surface area contributed by atoms with Crippen molar-refractivity contribution in [1.82, 2.24) is 0 Å². The van der Waals surface area contributed by atoms with Gasteiger partial charge in [0.25, 0.3) is 0 Å². The Hall–Kier alpha value is -0.110. The lowest BCUT2D eigenvalue weighted by Gasteiger charge is -1.98. The van der Waals surface area contributed by atoms with E-state index < -0.39 is 6.17 Å². The smallest absolute Gasteiger partial charge is 0.112 e. The van der Waals surface area contributed by atoms with Gasteiger partial charge in [0.2, 0.25) is 0 Å². The van der Waals surface area contributed by atoms with Crippen LogP contribution in [-0.2, 0) is 0 Å². The Labute approximate surface area is 43.7 Å². The van der Waals surface area contributed by atoms with Crippen molar-refractivity contribution >= 4 is 0 Å². The highest BCUT2D eigenvalue weighted by Gasteiger charge is 1.97. The normalized spacial score (nSPS) is 14.1. The molecule has 2 N–H and O–H groups in total. The first-order valence-corrected chi connectivity index (χ1v) is 2.65. The highest BCUT2D eigenvalue weighted by atomic mass is 19.1. The van der Waals surface area contributed by atoms with Crippen molar-refractivity contribution in [1.29, 1.82) is 0 Å². The Kier molecular flexibility index (Phi) is 4.00. The molecule has 1 unspecified atom stereocenters. The van der Waals surface area contributed by atoms with Gasteiger partial charge in [0.05, 0.1) is 0 Å². The van der Waals surface area contributed by atoms with Crippen molar-refractivity contribution in [3.8, 4) is 0 Å². The topological polar surface area (TPSA) is 26.0 Å². The maximum atomic E-state index is 12.0. The largest absolute Gasteiger partial charge is 0.328 e. The average Bonchev–Trinajstić information content (AvgIpc) is 1.68. The number of hydrogen-bond donors (Lipinski definition) is 1. The number of nitrogens with two attached hydrogens (primary N) is 1. The zero-order valence-electron chi connectivity index (χ0n) is 4.65. The monoisotopic (exact) mass is 105 g/mol. The molecule has 0 bridgehead atoms. The SMILES string of the molecule is CCCC(F)CN. The number of hydrogen-bond acceptors (Lipinski definition) is 1. The molecule has 0 aromatic heterocycles. The summed E-state index contributed by atoms with van der Waals surface area (Å²) in [5.74, 6) is 0. The molecular formula is C5H12FN. The summed E-state index contributed by atoms with van der Waals surface area (Å²) < 4.78 is 12.0. The fourth-order valence-electron chi connectivity index (χ4n) is 0.431. The van der Waals surface area contributed by atoms with Gasteiger partial charge in [0.1, 0.15) is 6.17 Å². The summed E-state index contributed by atoms with van der Waals surface area (Å²) in [6.45, 7) is 2.12. The summed E-state index contributed by atoms with van der Waals surface area (Å²) in [5, 5.41) is 0. The van der Waals surface area contributed by atoms with Crippen LogP contribution >= 0.6 is 0 Å². The van der Waals surface area contributed by atoms with Gasteiger partial charge in [0.15, 0.2) is 0 Å². The summed E-state index contributed by atoms with van der Waals surface area (Å²) >= 11 is 0. The van der Waals surface area contributed by atoms with E-state index in [9.17, 15) is 4.39 Å². The first-order chi connectivity index (χ1) is 3.31. The zero-order valence-corrected chi connectivity index (χ0v) is 4.65. The molecule has 0 spiro atoms. The van der Waals surface area contributed by atoms with Crippen LogP contribution in [0.4, 0.5) is 4.39 Å². The van der Waals surface area contributed by atoms with E-state index in [1.54, 1.807) is 0 Å². The van der Waals surface area contributed by atoms with Crippen LogP contribution < -0.4 is 5.73 Å². The maximum absolute atomic E-state index is 12.0. The summed E-state index contributed by atoms with van der Waals surface area (Å²) in [6, 6.07) is 0. The molecule has 44 valence electrons. The lowest BCUT2D eigenvalue weighted by Crippen LogP contribution is -2.14. The molecule has 0 aliphatic rings. The summed E-state index contributed by atoms with van der Waals surface area (Å²) in [7, 11) is 0. The van der Waals surface area contributed by atoms with Crippen LogP contribution in [0.25, 0.3) is 0 Å². The van der Waals surface area contributed by atoms with Crippen molar-refractivity contribution < 1.29 is 4.39 Å². The molecule has 0 aliphatic carbocycles. The van der Waals surface area contributed by atoms with E-state index in [-0.39, 0.29) is 6.54 Å². The van der Waals surface area contributed by atoms with Crippen LogP contribution in [-0.4, -0.2) is 12.7 Å². The second-order valence-corrected chi connectivity index (χ2v) is 1.62. The minimum atomic E-state index is -0.773. The van der Waals surface area contributed by atoms with Crippen LogP contribution in [0.1, 0.15) is 19.8 Å². The van der Waals surface area contributed by atoms with Crippen molar-refractivity contribution in [2.45, 2.75) is 25.9 Å². The van der Waals surface area contributed by atoms with Gasteiger partial charge in [-0.25, -0.2) is 4.39 Å². The standard InChI is InChI=1S/C5H12FN/c1-2-3-5(6)4-7/h5H,2-4,7H2,1H3. The van der Waals surface area contributed by atoms with Gasteiger partial charge >= 0.3 is 0 Å². The average molecular weight is 105 g/mol. The molecular weight excluding hydrogens is 93.1 g/mol. The third-order valence-corrected chi connectivity index (χ3v) is 0.858.